The first-order valence-corrected chi connectivity index (χ1v) is 6.84. The fourth-order valence-corrected chi connectivity index (χ4v) is 2.84. The predicted molar refractivity (Wildman–Crippen MR) is 80.9 cm³/mol. The standard InChI is InChI=1S/C14H20N2O2S/c1-9-5-6-16(13(9)8-17)12-7-10(18-2)3-4-11(12)14(15)19/h3-4,7,9,13,17H,5-6,8H2,1-2H3,(H2,15,19). The highest BCUT2D eigenvalue weighted by Gasteiger charge is 2.32. The van der Waals surface area contributed by atoms with Crippen molar-refractivity contribution in [3.8, 4) is 5.75 Å². The molecule has 3 N–H and O–H groups in total. The van der Waals surface area contributed by atoms with Gasteiger partial charge in [-0.25, -0.2) is 0 Å². The third kappa shape index (κ3) is 2.67. The molecular weight excluding hydrogens is 260 g/mol. The quantitative estimate of drug-likeness (QED) is 0.819. The van der Waals surface area contributed by atoms with Gasteiger partial charge in [-0.1, -0.05) is 19.1 Å². The highest BCUT2D eigenvalue weighted by molar-refractivity contribution is 7.80. The van der Waals surface area contributed by atoms with Crippen LogP contribution in [0, 0.1) is 5.92 Å². The lowest BCUT2D eigenvalue weighted by Crippen LogP contribution is -2.36. The van der Waals surface area contributed by atoms with E-state index in [1.54, 1.807) is 7.11 Å². The van der Waals surface area contributed by atoms with Gasteiger partial charge in [0.25, 0.3) is 0 Å². The normalized spacial score (nSPS) is 22.6. The number of aliphatic hydroxyl groups excluding tert-OH is 1. The summed E-state index contributed by atoms with van der Waals surface area (Å²) in [7, 11) is 1.63. The van der Waals surface area contributed by atoms with Gasteiger partial charge in [0.15, 0.2) is 0 Å². The van der Waals surface area contributed by atoms with Crippen molar-refractivity contribution < 1.29 is 9.84 Å². The number of aliphatic hydroxyl groups is 1. The molecule has 4 nitrogen and oxygen atoms in total. The fraction of sp³-hybridized carbons (Fsp3) is 0.500. The first-order chi connectivity index (χ1) is 9.08. The van der Waals surface area contributed by atoms with Crippen LogP contribution in [0.4, 0.5) is 5.69 Å². The van der Waals surface area contributed by atoms with E-state index in [0.29, 0.717) is 10.9 Å². The minimum atomic E-state index is 0.111. The summed E-state index contributed by atoms with van der Waals surface area (Å²) in [5, 5.41) is 9.59. The molecule has 5 heteroatoms. The van der Waals surface area contributed by atoms with Crippen molar-refractivity contribution >= 4 is 22.9 Å². The van der Waals surface area contributed by atoms with E-state index < -0.39 is 0 Å². The topological polar surface area (TPSA) is 58.7 Å². The number of nitrogens with two attached hydrogens (primary N) is 1. The van der Waals surface area contributed by atoms with Gasteiger partial charge in [-0.3, -0.25) is 0 Å². The summed E-state index contributed by atoms with van der Waals surface area (Å²) in [6, 6.07) is 5.79. The van der Waals surface area contributed by atoms with Crippen molar-refractivity contribution in [1.29, 1.82) is 0 Å². The third-order valence-corrected chi connectivity index (χ3v) is 4.07. The first-order valence-electron chi connectivity index (χ1n) is 6.43. The van der Waals surface area contributed by atoms with Crippen LogP contribution in [0.25, 0.3) is 0 Å². The van der Waals surface area contributed by atoms with Gasteiger partial charge in [-0.15, -0.1) is 0 Å². The van der Waals surface area contributed by atoms with E-state index in [-0.39, 0.29) is 12.6 Å². The Morgan fingerprint density at radius 2 is 2.32 bits per heavy atom. The summed E-state index contributed by atoms with van der Waals surface area (Å²) in [5.41, 5.74) is 7.59. The molecule has 0 aliphatic carbocycles. The maximum absolute atomic E-state index is 9.59. The number of nitrogens with zero attached hydrogens (tertiary/aromatic N) is 1. The summed E-state index contributed by atoms with van der Waals surface area (Å²) in [6.45, 7) is 3.19. The number of hydrogen-bond donors (Lipinski definition) is 2. The number of methoxy groups -OCH3 is 1. The van der Waals surface area contributed by atoms with E-state index in [0.717, 1.165) is 30.0 Å². The Balaban J connectivity index is 2.44. The Morgan fingerprint density at radius 1 is 1.58 bits per heavy atom. The lowest BCUT2D eigenvalue weighted by molar-refractivity contribution is 0.244. The molecular formula is C14H20N2O2S. The SMILES string of the molecule is COc1ccc(C(N)=S)c(N2CCC(C)C2CO)c1. The Bertz CT molecular complexity index is 479. The van der Waals surface area contributed by atoms with Gasteiger partial charge in [0, 0.05) is 18.2 Å². The van der Waals surface area contributed by atoms with Crippen molar-refractivity contribution in [2.75, 3.05) is 25.2 Å². The average molecular weight is 280 g/mol. The van der Waals surface area contributed by atoms with Crippen molar-refractivity contribution in [3.05, 3.63) is 23.8 Å². The number of thiocarbonyl (C=S) groups is 1. The van der Waals surface area contributed by atoms with Gasteiger partial charge in [0.1, 0.15) is 10.7 Å². The lowest BCUT2D eigenvalue weighted by atomic mass is 10.0. The lowest BCUT2D eigenvalue weighted by Gasteiger charge is -2.29. The average Bonchev–Trinajstić information content (AvgIpc) is 2.78. The van der Waals surface area contributed by atoms with Gasteiger partial charge in [0.2, 0.25) is 0 Å². The largest absolute Gasteiger partial charge is 0.497 e. The minimum Gasteiger partial charge on any atom is -0.497 e. The predicted octanol–water partition coefficient (Wildman–Crippen LogP) is 1.54. The molecule has 2 unspecified atom stereocenters. The summed E-state index contributed by atoms with van der Waals surface area (Å²) < 4.78 is 5.27. The van der Waals surface area contributed by atoms with Crippen molar-refractivity contribution in [2.24, 2.45) is 11.7 Å². The van der Waals surface area contributed by atoms with E-state index >= 15 is 0 Å². The molecule has 1 aliphatic rings. The zero-order valence-corrected chi connectivity index (χ0v) is 12.1. The van der Waals surface area contributed by atoms with E-state index in [1.807, 2.05) is 18.2 Å². The van der Waals surface area contributed by atoms with Crippen LogP contribution < -0.4 is 15.4 Å². The van der Waals surface area contributed by atoms with Crippen molar-refractivity contribution in [2.45, 2.75) is 19.4 Å². The molecule has 0 amide bonds. The first kappa shape index (κ1) is 14.1. The zero-order valence-electron chi connectivity index (χ0n) is 11.3. The van der Waals surface area contributed by atoms with Gasteiger partial charge in [-0.05, 0) is 24.5 Å². The zero-order chi connectivity index (χ0) is 14.0. The number of benzene rings is 1. The van der Waals surface area contributed by atoms with Crippen molar-refractivity contribution in [3.63, 3.8) is 0 Å². The summed E-state index contributed by atoms with van der Waals surface area (Å²) in [6.07, 6.45) is 1.05. The third-order valence-electron chi connectivity index (χ3n) is 3.85. The monoisotopic (exact) mass is 280 g/mol. The Labute approximate surface area is 119 Å². The van der Waals surface area contributed by atoms with Gasteiger partial charge < -0.3 is 20.5 Å². The van der Waals surface area contributed by atoms with Crippen LogP contribution in [-0.2, 0) is 0 Å². The summed E-state index contributed by atoms with van der Waals surface area (Å²) >= 11 is 5.12. The number of hydrogen-bond acceptors (Lipinski definition) is 4. The Morgan fingerprint density at radius 3 is 2.89 bits per heavy atom. The van der Waals surface area contributed by atoms with Crippen LogP contribution in [0.1, 0.15) is 18.9 Å². The highest BCUT2D eigenvalue weighted by atomic mass is 32.1. The van der Waals surface area contributed by atoms with Crippen LogP contribution in [0.5, 0.6) is 5.75 Å². The van der Waals surface area contributed by atoms with Crippen LogP contribution >= 0.6 is 12.2 Å². The van der Waals surface area contributed by atoms with Crippen LogP contribution in [0.3, 0.4) is 0 Å². The molecule has 0 bridgehead atoms. The smallest absolute Gasteiger partial charge is 0.120 e. The molecule has 0 aromatic heterocycles. The molecule has 104 valence electrons. The van der Waals surface area contributed by atoms with E-state index in [9.17, 15) is 5.11 Å². The Kier molecular flexibility index (Phi) is 4.27. The van der Waals surface area contributed by atoms with Crippen molar-refractivity contribution in [1.82, 2.24) is 0 Å². The molecule has 1 heterocycles. The maximum atomic E-state index is 9.59. The molecule has 1 aliphatic heterocycles. The molecule has 1 aromatic rings. The fourth-order valence-electron chi connectivity index (χ4n) is 2.67. The van der Waals surface area contributed by atoms with Crippen LogP contribution in [-0.4, -0.2) is 36.4 Å². The van der Waals surface area contributed by atoms with E-state index in [4.69, 9.17) is 22.7 Å². The molecule has 2 atom stereocenters. The minimum absolute atomic E-state index is 0.111. The molecule has 1 aromatic carbocycles. The van der Waals surface area contributed by atoms with E-state index in [1.165, 1.54) is 0 Å². The highest BCUT2D eigenvalue weighted by Crippen LogP contribution is 2.34. The number of rotatable bonds is 4. The van der Waals surface area contributed by atoms with Crippen LogP contribution in [0.2, 0.25) is 0 Å². The molecule has 0 radical (unpaired) electrons. The van der Waals surface area contributed by atoms with Gasteiger partial charge in [0.05, 0.1) is 25.4 Å². The van der Waals surface area contributed by atoms with E-state index in [2.05, 4.69) is 11.8 Å². The van der Waals surface area contributed by atoms with Gasteiger partial charge >= 0.3 is 0 Å². The van der Waals surface area contributed by atoms with Gasteiger partial charge in [-0.2, -0.15) is 0 Å². The molecule has 2 rings (SSSR count). The Hall–Kier alpha value is -1.33. The second-order valence-electron chi connectivity index (χ2n) is 4.96. The second kappa shape index (κ2) is 5.75. The second-order valence-corrected chi connectivity index (χ2v) is 5.40. The number of ether oxygens (including phenoxy) is 1. The van der Waals surface area contributed by atoms with Crippen LogP contribution in [0.15, 0.2) is 18.2 Å². The molecule has 0 spiro atoms. The maximum Gasteiger partial charge on any atom is 0.120 e. The number of anilines is 1. The summed E-state index contributed by atoms with van der Waals surface area (Å²) in [4.78, 5) is 2.55. The summed E-state index contributed by atoms with van der Waals surface area (Å²) in [5.74, 6) is 1.22. The molecule has 0 saturated carbocycles. The molecule has 19 heavy (non-hydrogen) atoms. The molecule has 1 fully saturated rings. The molecule has 1 saturated heterocycles.